The lowest BCUT2D eigenvalue weighted by Crippen LogP contribution is -1.94. The highest BCUT2D eigenvalue weighted by molar-refractivity contribution is 5.84. The summed E-state index contributed by atoms with van der Waals surface area (Å²) in [5, 5.41) is 10.2. The highest BCUT2D eigenvalue weighted by Crippen LogP contribution is 2.25. The summed E-state index contributed by atoms with van der Waals surface area (Å²) >= 11 is 0. The van der Waals surface area contributed by atoms with Gasteiger partial charge in [-0.3, -0.25) is 0 Å². The summed E-state index contributed by atoms with van der Waals surface area (Å²) in [6.45, 7) is 0.390. The fourth-order valence-corrected chi connectivity index (χ4v) is 1.91. The first kappa shape index (κ1) is 11.5. The van der Waals surface area contributed by atoms with Gasteiger partial charge >= 0.3 is 0 Å². The van der Waals surface area contributed by atoms with Crippen LogP contribution in [0.15, 0.2) is 53.1 Å². The Morgan fingerprint density at radius 3 is 2.68 bits per heavy atom. The van der Waals surface area contributed by atoms with Crippen molar-refractivity contribution in [2.75, 3.05) is 5.73 Å². The Kier molecular flexibility index (Phi) is 2.76. The van der Waals surface area contributed by atoms with Crippen LogP contribution in [0.4, 0.5) is 5.69 Å². The summed E-state index contributed by atoms with van der Waals surface area (Å²) in [4.78, 5) is 0. The number of benzene rings is 2. The molecule has 0 amide bonds. The zero-order valence-electron chi connectivity index (χ0n) is 10.2. The highest BCUT2D eigenvalue weighted by Gasteiger charge is 2.07. The van der Waals surface area contributed by atoms with Gasteiger partial charge in [0, 0.05) is 16.6 Å². The largest absolute Gasteiger partial charge is 0.508 e. The van der Waals surface area contributed by atoms with Gasteiger partial charge in [0.05, 0.1) is 6.26 Å². The molecular weight excluding hydrogens is 242 g/mol. The van der Waals surface area contributed by atoms with Crippen molar-refractivity contribution in [2.45, 2.75) is 6.61 Å². The Morgan fingerprint density at radius 2 is 1.89 bits per heavy atom. The van der Waals surface area contributed by atoms with E-state index >= 15 is 0 Å². The quantitative estimate of drug-likeness (QED) is 0.704. The SMILES string of the molecule is Nc1ccc2occ(COc3ccc(O)cc3)c2c1. The maximum absolute atomic E-state index is 9.20. The van der Waals surface area contributed by atoms with Crippen LogP contribution in [0.2, 0.25) is 0 Å². The highest BCUT2D eigenvalue weighted by atomic mass is 16.5. The van der Waals surface area contributed by atoms with E-state index in [9.17, 15) is 5.11 Å². The number of hydrogen-bond donors (Lipinski definition) is 2. The average molecular weight is 255 g/mol. The molecule has 0 unspecified atom stereocenters. The topological polar surface area (TPSA) is 68.6 Å². The fraction of sp³-hybridized carbons (Fsp3) is 0.0667. The molecule has 19 heavy (non-hydrogen) atoms. The molecule has 4 nitrogen and oxygen atoms in total. The van der Waals surface area contributed by atoms with E-state index in [1.165, 1.54) is 0 Å². The Bertz CT molecular complexity index is 701. The van der Waals surface area contributed by atoms with Crippen molar-refractivity contribution in [3.63, 3.8) is 0 Å². The molecular formula is C15H13NO3. The number of nitrogen functional groups attached to an aromatic ring is 1. The Labute approximate surface area is 110 Å². The molecule has 0 fully saturated rings. The lowest BCUT2D eigenvalue weighted by molar-refractivity contribution is 0.305. The number of hydrogen-bond acceptors (Lipinski definition) is 4. The van der Waals surface area contributed by atoms with Crippen LogP contribution < -0.4 is 10.5 Å². The smallest absolute Gasteiger partial charge is 0.134 e. The second-order valence-electron chi connectivity index (χ2n) is 4.30. The molecule has 0 atom stereocenters. The maximum Gasteiger partial charge on any atom is 0.134 e. The number of phenols is 1. The predicted molar refractivity (Wildman–Crippen MR) is 73.1 cm³/mol. The summed E-state index contributed by atoms with van der Waals surface area (Å²) in [6, 6.07) is 12.1. The van der Waals surface area contributed by atoms with Gasteiger partial charge in [-0.25, -0.2) is 0 Å². The summed E-state index contributed by atoms with van der Waals surface area (Å²) in [5.41, 5.74) is 8.19. The number of ether oxygens (including phenoxy) is 1. The number of phenolic OH excluding ortho intramolecular Hbond substituents is 1. The lowest BCUT2D eigenvalue weighted by Gasteiger charge is -2.05. The molecule has 96 valence electrons. The minimum absolute atomic E-state index is 0.217. The van der Waals surface area contributed by atoms with Gasteiger partial charge in [0.1, 0.15) is 23.7 Å². The second kappa shape index (κ2) is 4.57. The van der Waals surface area contributed by atoms with E-state index in [2.05, 4.69) is 0 Å². The van der Waals surface area contributed by atoms with E-state index in [0.29, 0.717) is 18.0 Å². The molecule has 1 heterocycles. The molecule has 3 aromatic rings. The molecule has 1 aromatic heterocycles. The summed E-state index contributed by atoms with van der Waals surface area (Å²) in [6.07, 6.45) is 1.67. The van der Waals surface area contributed by atoms with Crippen LogP contribution >= 0.6 is 0 Å². The molecule has 0 aliphatic heterocycles. The van der Waals surface area contributed by atoms with E-state index in [0.717, 1.165) is 16.5 Å². The summed E-state index contributed by atoms with van der Waals surface area (Å²) in [7, 11) is 0. The van der Waals surface area contributed by atoms with Crippen LogP contribution in [0.25, 0.3) is 11.0 Å². The van der Waals surface area contributed by atoms with Crippen molar-refractivity contribution in [1.82, 2.24) is 0 Å². The molecule has 0 saturated carbocycles. The third-order valence-corrected chi connectivity index (χ3v) is 2.91. The molecule has 0 aliphatic rings. The van der Waals surface area contributed by atoms with Gasteiger partial charge < -0.3 is 20.0 Å². The van der Waals surface area contributed by atoms with E-state index in [-0.39, 0.29) is 5.75 Å². The van der Waals surface area contributed by atoms with Crippen LogP contribution in [0.1, 0.15) is 5.56 Å². The van der Waals surface area contributed by atoms with E-state index < -0.39 is 0 Å². The molecule has 3 N–H and O–H groups in total. The molecule has 0 bridgehead atoms. The molecule has 0 spiro atoms. The van der Waals surface area contributed by atoms with Crippen LogP contribution in [0.3, 0.4) is 0 Å². The van der Waals surface area contributed by atoms with Gasteiger partial charge in [-0.15, -0.1) is 0 Å². The molecule has 0 aliphatic carbocycles. The van der Waals surface area contributed by atoms with Crippen molar-refractivity contribution in [3.8, 4) is 11.5 Å². The zero-order chi connectivity index (χ0) is 13.2. The minimum atomic E-state index is 0.217. The Morgan fingerprint density at radius 1 is 1.11 bits per heavy atom. The van der Waals surface area contributed by atoms with Gasteiger partial charge in [0.2, 0.25) is 0 Å². The third-order valence-electron chi connectivity index (χ3n) is 2.91. The van der Waals surface area contributed by atoms with E-state index in [1.54, 1.807) is 36.6 Å². The Balaban J connectivity index is 1.81. The number of furan rings is 1. The zero-order valence-corrected chi connectivity index (χ0v) is 10.2. The van der Waals surface area contributed by atoms with E-state index in [4.69, 9.17) is 14.9 Å². The average Bonchev–Trinajstić information content (AvgIpc) is 2.80. The lowest BCUT2D eigenvalue weighted by atomic mass is 10.1. The monoisotopic (exact) mass is 255 g/mol. The molecule has 4 heteroatoms. The normalized spacial score (nSPS) is 10.7. The number of aromatic hydroxyl groups is 1. The van der Waals surface area contributed by atoms with Crippen molar-refractivity contribution in [3.05, 3.63) is 54.3 Å². The fourth-order valence-electron chi connectivity index (χ4n) is 1.91. The van der Waals surface area contributed by atoms with Crippen molar-refractivity contribution < 1.29 is 14.3 Å². The van der Waals surface area contributed by atoms with Gasteiger partial charge in [0.25, 0.3) is 0 Å². The van der Waals surface area contributed by atoms with Crippen LogP contribution in [0, 0.1) is 0 Å². The first-order chi connectivity index (χ1) is 9.22. The van der Waals surface area contributed by atoms with E-state index in [1.807, 2.05) is 12.1 Å². The number of nitrogens with two attached hydrogens (primary N) is 1. The number of rotatable bonds is 3. The first-order valence-corrected chi connectivity index (χ1v) is 5.90. The maximum atomic E-state index is 9.20. The van der Waals surface area contributed by atoms with Crippen molar-refractivity contribution >= 4 is 16.7 Å². The van der Waals surface area contributed by atoms with Crippen LogP contribution in [-0.2, 0) is 6.61 Å². The van der Waals surface area contributed by atoms with Crippen molar-refractivity contribution in [2.24, 2.45) is 0 Å². The summed E-state index contributed by atoms with van der Waals surface area (Å²) < 4.78 is 11.1. The second-order valence-corrected chi connectivity index (χ2v) is 4.30. The molecule has 0 saturated heterocycles. The van der Waals surface area contributed by atoms with Gasteiger partial charge in [0.15, 0.2) is 0 Å². The van der Waals surface area contributed by atoms with Crippen molar-refractivity contribution in [1.29, 1.82) is 0 Å². The van der Waals surface area contributed by atoms with Gasteiger partial charge in [-0.2, -0.15) is 0 Å². The third kappa shape index (κ3) is 2.33. The molecule has 0 radical (unpaired) electrons. The molecule has 3 rings (SSSR count). The molecule has 2 aromatic carbocycles. The minimum Gasteiger partial charge on any atom is -0.508 e. The van der Waals surface area contributed by atoms with Gasteiger partial charge in [-0.1, -0.05) is 0 Å². The Hall–Kier alpha value is -2.62. The standard InChI is InChI=1S/C15H13NO3/c16-11-1-6-15-14(7-11)10(9-19-15)8-18-13-4-2-12(17)3-5-13/h1-7,9,17H,8,16H2. The van der Waals surface area contributed by atoms with Crippen LogP contribution in [-0.4, -0.2) is 5.11 Å². The number of anilines is 1. The van der Waals surface area contributed by atoms with Gasteiger partial charge in [-0.05, 0) is 42.5 Å². The predicted octanol–water partition coefficient (Wildman–Crippen LogP) is 3.30. The first-order valence-electron chi connectivity index (χ1n) is 5.90. The summed E-state index contributed by atoms with van der Waals surface area (Å²) in [5.74, 6) is 0.907. The van der Waals surface area contributed by atoms with Crippen LogP contribution in [0.5, 0.6) is 11.5 Å². The number of fused-ring (bicyclic) bond motifs is 1.